The van der Waals surface area contributed by atoms with Gasteiger partial charge in [-0.1, -0.05) is 13.8 Å². The highest BCUT2D eigenvalue weighted by atomic mass is 32.2. The molecule has 1 aromatic heterocycles. The Labute approximate surface area is 138 Å². The zero-order valence-corrected chi connectivity index (χ0v) is 14.1. The van der Waals surface area contributed by atoms with Crippen molar-refractivity contribution < 1.29 is 14.7 Å². The van der Waals surface area contributed by atoms with Crippen molar-refractivity contribution in [3.05, 3.63) is 27.7 Å². The van der Waals surface area contributed by atoms with Crippen LogP contribution in [-0.2, 0) is 28.3 Å². The number of amides is 1. The van der Waals surface area contributed by atoms with Crippen molar-refractivity contribution in [2.24, 2.45) is 5.92 Å². The van der Waals surface area contributed by atoms with Crippen molar-refractivity contribution in [3.8, 4) is 0 Å². The molecule has 1 amide bonds. The Kier molecular flexibility index (Phi) is 5.81. The Bertz CT molecular complexity index is 657. The summed E-state index contributed by atoms with van der Waals surface area (Å²) in [5.41, 5.74) is 1.43. The van der Waals surface area contributed by atoms with Crippen LogP contribution in [0.5, 0.6) is 0 Å². The number of thioether (sulfide) groups is 1. The van der Waals surface area contributed by atoms with Crippen molar-refractivity contribution in [1.82, 2.24) is 15.1 Å². The molecule has 0 aromatic carbocycles. The zero-order valence-electron chi connectivity index (χ0n) is 13.2. The maximum absolute atomic E-state index is 12.1. The normalized spacial score (nSPS) is 15.1. The summed E-state index contributed by atoms with van der Waals surface area (Å²) in [6, 6.07) is 0.567. The lowest BCUT2D eigenvalue weighted by atomic mass is 10.0. The van der Waals surface area contributed by atoms with Gasteiger partial charge in [0.05, 0.1) is 5.69 Å². The van der Waals surface area contributed by atoms with Crippen molar-refractivity contribution >= 4 is 23.6 Å². The Hall–Kier alpha value is -1.83. The summed E-state index contributed by atoms with van der Waals surface area (Å²) in [5, 5.41) is 15.9. The molecule has 0 unspecified atom stereocenters. The van der Waals surface area contributed by atoms with E-state index in [1.54, 1.807) is 11.8 Å². The maximum atomic E-state index is 12.1. The number of nitrogens with one attached hydrogen (secondary N) is 1. The van der Waals surface area contributed by atoms with Gasteiger partial charge in [-0.2, -0.15) is 16.9 Å². The van der Waals surface area contributed by atoms with Gasteiger partial charge in [0.1, 0.15) is 12.6 Å². The fourth-order valence-corrected chi connectivity index (χ4v) is 3.39. The van der Waals surface area contributed by atoms with Crippen LogP contribution in [0.3, 0.4) is 0 Å². The number of carbonyl (C=O) groups is 2. The largest absolute Gasteiger partial charge is 0.480 e. The number of nitrogens with zero attached hydrogens (tertiary/aromatic N) is 2. The number of carbonyl (C=O) groups excluding carboxylic acids is 1. The van der Waals surface area contributed by atoms with Gasteiger partial charge in [-0.25, -0.2) is 9.48 Å². The van der Waals surface area contributed by atoms with Crippen molar-refractivity contribution in [3.63, 3.8) is 0 Å². The van der Waals surface area contributed by atoms with E-state index in [0.717, 1.165) is 33.9 Å². The van der Waals surface area contributed by atoms with Gasteiger partial charge < -0.3 is 10.4 Å². The zero-order chi connectivity index (χ0) is 17.0. The molecule has 8 heteroatoms. The number of aryl methyl sites for hydroxylation is 1. The van der Waals surface area contributed by atoms with Crippen LogP contribution in [0.1, 0.15) is 31.5 Å². The summed E-state index contributed by atoms with van der Waals surface area (Å²) in [5.74, 6) is 0.256. The minimum absolute atomic E-state index is 0.137. The standard InChI is InChI=1S/C15H21N3O4S/c1-9(2)5-12(15(21)22)16-13(19)7-18-14(20)6-10-8-23-4-3-11(10)17-18/h6,9,12H,3-5,7-8H2,1-2H3,(H,16,19)(H,21,22)/t12-/m1/s1. The second-order valence-corrected chi connectivity index (χ2v) is 7.11. The van der Waals surface area contributed by atoms with E-state index in [0.29, 0.717) is 6.42 Å². The Morgan fingerprint density at radius 2 is 2.22 bits per heavy atom. The highest BCUT2D eigenvalue weighted by Gasteiger charge is 2.22. The van der Waals surface area contributed by atoms with E-state index >= 15 is 0 Å². The summed E-state index contributed by atoms with van der Waals surface area (Å²) < 4.78 is 1.11. The second kappa shape index (κ2) is 7.63. The third kappa shape index (κ3) is 4.82. The van der Waals surface area contributed by atoms with Crippen LogP contribution in [-0.4, -0.2) is 38.6 Å². The maximum Gasteiger partial charge on any atom is 0.326 e. The third-order valence-electron chi connectivity index (χ3n) is 3.54. The number of hydrogen-bond donors (Lipinski definition) is 2. The number of fused-ring (bicyclic) bond motifs is 1. The molecule has 0 spiro atoms. The minimum Gasteiger partial charge on any atom is -0.480 e. The van der Waals surface area contributed by atoms with E-state index in [2.05, 4.69) is 10.4 Å². The van der Waals surface area contributed by atoms with Gasteiger partial charge in [0, 0.05) is 18.2 Å². The van der Waals surface area contributed by atoms with Gasteiger partial charge in [-0.05, 0) is 23.7 Å². The van der Waals surface area contributed by atoms with Gasteiger partial charge in [-0.15, -0.1) is 0 Å². The molecule has 23 heavy (non-hydrogen) atoms. The SMILES string of the molecule is CC(C)C[C@@H](NC(=O)Cn1nc2c(cc1=O)CSCC2)C(=O)O. The van der Waals surface area contributed by atoms with Crippen molar-refractivity contribution in [2.75, 3.05) is 5.75 Å². The number of aromatic nitrogens is 2. The average molecular weight is 339 g/mol. The number of hydrogen-bond acceptors (Lipinski definition) is 5. The number of carboxylic acid groups (broad SMARTS) is 1. The van der Waals surface area contributed by atoms with E-state index in [9.17, 15) is 14.4 Å². The lowest BCUT2D eigenvalue weighted by Crippen LogP contribution is -2.44. The number of rotatable bonds is 6. The van der Waals surface area contributed by atoms with E-state index in [1.165, 1.54) is 6.07 Å². The van der Waals surface area contributed by atoms with Crippen LogP contribution in [0.2, 0.25) is 0 Å². The molecule has 7 nitrogen and oxygen atoms in total. The van der Waals surface area contributed by atoms with Crippen LogP contribution in [0, 0.1) is 5.92 Å². The monoisotopic (exact) mass is 339 g/mol. The molecular weight excluding hydrogens is 318 g/mol. The van der Waals surface area contributed by atoms with E-state index < -0.39 is 17.9 Å². The van der Waals surface area contributed by atoms with Gasteiger partial charge in [0.15, 0.2) is 0 Å². The molecule has 2 heterocycles. The molecule has 0 fully saturated rings. The smallest absolute Gasteiger partial charge is 0.326 e. The quantitative estimate of drug-likeness (QED) is 0.789. The predicted octanol–water partition coefficient (Wildman–Crippen LogP) is 0.648. The molecule has 0 saturated carbocycles. The molecule has 2 N–H and O–H groups in total. The first kappa shape index (κ1) is 17.5. The first-order chi connectivity index (χ1) is 10.9. The van der Waals surface area contributed by atoms with Crippen molar-refractivity contribution in [2.45, 2.75) is 45.0 Å². The van der Waals surface area contributed by atoms with Crippen LogP contribution >= 0.6 is 11.8 Å². The number of aliphatic carboxylic acids is 1. The highest BCUT2D eigenvalue weighted by Crippen LogP contribution is 2.21. The molecule has 1 atom stereocenters. The lowest BCUT2D eigenvalue weighted by Gasteiger charge is -2.18. The summed E-state index contributed by atoms with van der Waals surface area (Å²) >= 11 is 1.75. The highest BCUT2D eigenvalue weighted by molar-refractivity contribution is 7.98. The Morgan fingerprint density at radius 1 is 1.48 bits per heavy atom. The summed E-state index contributed by atoms with van der Waals surface area (Å²) in [6.07, 6.45) is 1.11. The Balaban J connectivity index is 2.07. The molecule has 1 aromatic rings. The molecule has 126 valence electrons. The molecule has 0 aliphatic carbocycles. The van der Waals surface area contributed by atoms with Gasteiger partial charge in [0.2, 0.25) is 5.91 Å². The molecule has 2 rings (SSSR count). The summed E-state index contributed by atoms with van der Waals surface area (Å²) in [4.78, 5) is 35.2. The molecule has 1 aliphatic rings. The predicted molar refractivity (Wildman–Crippen MR) is 87.4 cm³/mol. The van der Waals surface area contributed by atoms with Crippen LogP contribution in [0.15, 0.2) is 10.9 Å². The fraction of sp³-hybridized carbons (Fsp3) is 0.600. The van der Waals surface area contributed by atoms with Crippen LogP contribution in [0.4, 0.5) is 0 Å². The summed E-state index contributed by atoms with van der Waals surface area (Å²) in [7, 11) is 0. The third-order valence-corrected chi connectivity index (χ3v) is 4.55. The topological polar surface area (TPSA) is 101 Å². The van der Waals surface area contributed by atoms with Gasteiger partial charge in [0.25, 0.3) is 5.56 Å². The summed E-state index contributed by atoms with van der Waals surface area (Å²) in [6.45, 7) is 3.51. The number of carboxylic acids is 1. The second-order valence-electron chi connectivity index (χ2n) is 6.00. The average Bonchev–Trinajstić information content (AvgIpc) is 2.46. The van der Waals surface area contributed by atoms with E-state index in [4.69, 9.17) is 5.11 Å². The van der Waals surface area contributed by atoms with Crippen molar-refractivity contribution in [1.29, 1.82) is 0 Å². The van der Waals surface area contributed by atoms with E-state index in [1.807, 2.05) is 13.8 Å². The van der Waals surface area contributed by atoms with Crippen LogP contribution < -0.4 is 10.9 Å². The molecule has 0 bridgehead atoms. The molecule has 1 aliphatic heterocycles. The molecule has 0 radical (unpaired) electrons. The molecular formula is C15H21N3O4S. The molecule has 0 saturated heterocycles. The Morgan fingerprint density at radius 3 is 2.87 bits per heavy atom. The van der Waals surface area contributed by atoms with E-state index in [-0.39, 0.29) is 18.0 Å². The lowest BCUT2D eigenvalue weighted by molar-refractivity contribution is -0.142. The first-order valence-electron chi connectivity index (χ1n) is 7.56. The fourth-order valence-electron chi connectivity index (χ4n) is 2.43. The first-order valence-corrected chi connectivity index (χ1v) is 8.72. The minimum atomic E-state index is -1.07. The van der Waals surface area contributed by atoms with Crippen LogP contribution in [0.25, 0.3) is 0 Å². The van der Waals surface area contributed by atoms with Gasteiger partial charge >= 0.3 is 5.97 Å². The van der Waals surface area contributed by atoms with Gasteiger partial charge in [-0.3, -0.25) is 9.59 Å².